The number of anilines is 3. The van der Waals surface area contributed by atoms with Crippen molar-refractivity contribution < 1.29 is 18.7 Å². The molecule has 4 N–H and O–H groups in total. The van der Waals surface area contributed by atoms with Gasteiger partial charge in [0.2, 0.25) is 0 Å². The Kier molecular flexibility index (Phi) is 7.07. The molecule has 1 amide bonds. The fraction of sp³-hybridized carbons (Fsp3) is 0.450. The van der Waals surface area contributed by atoms with E-state index in [0.29, 0.717) is 17.3 Å². The van der Waals surface area contributed by atoms with E-state index in [1.54, 1.807) is 19.9 Å². The van der Waals surface area contributed by atoms with Gasteiger partial charge in [0.1, 0.15) is 11.6 Å². The van der Waals surface area contributed by atoms with Crippen molar-refractivity contribution in [3.05, 3.63) is 41.7 Å². The van der Waals surface area contributed by atoms with Gasteiger partial charge < -0.3 is 21.1 Å². The Morgan fingerprint density at radius 1 is 1.17 bits per heavy atom. The van der Waals surface area contributed by atoms with Gasteiger partial charge in [-0.25, -0.2) is 18.7 Å². The first-order valence-electron chi connectivity index (χ1n) is 9.32. The summed E-state index contributed by atoms with van der Waals surface area (Å²) >= 11 is 0. The van der Waals surface area contributed by atoms with Gasteiger partial charge in [-0.3, -0.25) is 4.79 Å². The standard InChI is InChI=1S/C20H27F2N5O2/c1-11(2)26-16-7-17(27-18-15(22)6-13(21)9-24-18)23-10-14(16)19(28)25-8-12(3)20(4,5)29/h6-7,9-12,29H,8H2,1-5H3,(H,25,28)(H2,23,24,26,27)/t12-/m1/s1. The van der Waals surface area contributed by atoms with Gasteiger partial charge in [-0.05, 0) is 27.7 Å². The Balaban J connectivity index is 2.23. The molecule has 0 unspecified atom stereocenters. The van der Waals surface area contributed by atoms with Gasteiger partial charge in [0, 0.05) is 36.8 Å². The molecule has 7 nitrogen and oxygen atoms in total. The maximum Gasteiger partial charge on any atom is 0.254 e. The second-order valence-corrected chi connectivity index (χ2v) is 7.79. The summed E-state index contributed by atoms with van der Waals surface area (Å²) in [7, 11) is 0. The Labute approximate surface area is 169 Å². The van der Waals surface area contributed by atoms with Gasteiger partial charge in [0.05, 0.1) is 23.0 Å². The molecule has 0 saturated carbocycles. The third kappa shape index (κ3) is 6.35. The average Bonchev–Trinajstić information content (AvgIpc) is 2.60. The summed E-state index contributed by atoms with van der Waals surface area (Å²) in [6.07, 6.45) is 2.25. The lowest BCUT2D eigenvalue weighted by molar-refractivity contribution is 0.0252. The van der Waals surface area contributed by atoms with Crippen molar-refractivity contribution in [2.45, 2.75) is 46.3 Å². The van der Waals surface area contributed by atoms with Gasteiger partial charge >= 0.3 is 0 Å². The molecule has 2 heterocycles. The van der Waals surface area contributed by atoms with Crippen LogP contribution in [0.4, 0.5) is 26.1 Å². The van der Waals surface area contributed by atoms with Crippen LogP contribution in [0.3, 0.4) is 0 Å². The number of rotatable bonds is 8. The van der Waals surface area contributed by atoms with Crippen molar-refractivity contribution in [3.8, 4) is 0 Å². The Morgan fingerprint density at radius 2 is 1.86 bits per heavy atom. The first kappa shape index (κ1) is 22.5. The molecule has 0 bridgehead atoms. The van der Waals surface area contributed by atoms with E-state index in [2.05, 4.69) is 25.9 Å². The molecular formula is C20H27F2N5O2. The van der Waals surface area contributed by atoms with E-state index >= 15 is 0 Å². The molecule has 0 spiro atoms. The molecule has 1 atom stereocenters. The quantitative estimate of drug-likeness (QED) is 0.535. The highest BCUT2D eigenvalue weighted by Crippen LogP contribution is 2.23. The zero-order valence-corrected chi connectivity index (χ0v) is 17.2. The van der Waals surface area contributed by atoms with Crippen molar-refractivity contribution >= 4 is 23.2 Å². The van der Waals surface area contributed by atoms with Gasteiger partial charge in [-0.1, -0.05) is 6.92 Å². The molecule has 0 radical (unpaired) electrons. The van der Waals surface area contributed by atoms with Crippen LogP contribution in [0.25, 0.3) is 0 Å². The molecule has 2 aromatic rings. The van der Waals surface area contributed by atoms with Crippen LogP contribution in [0, 0.1) is 17.6 Å². The van der Waals surface area contributed by atoms with Crippen LogP contribution in [0.15, 0.2) is 24.5 Å². The van der Waals surface area contributed by atoms with Crippen molar-refractivity contribution in [2.24, 2.45) is 5.92 Å². The van der Waals surface area contributed by atoms with Gasteiger partial charge in [-0.15, -0.1) is 0 Å². The maximum atomic E-state index is 13.8. The van der Waals surface area contributed by atoms with E-state index < -0.39 is 17.2 Å². The summed E-state index contributed by atoms with van der Waals surface area (Å²) in [5.74, 6) is -2.08. The van der Waals surface area contributed by atoms with E-state index in [4.69, 9.17) is 0 Å². The smallest absolute Gasteiger partial charge is 0.254 e. The van der Waals surface area contributed by atoms with Crippen LogP contribution >= 0.6 is 0 Å². The monoisotopic (exact) mass is 407 g/mol. The van der Waals surface area contributed by atoms with Gasteiger partial charge in [0.15, 0.2) is 11.6 Å². The molecule has 158 valence electrons. The number of carbonyl (C=O) groups excluding carboxylic acids is 1. The predicted octanol–water partition coefficient (Wildman–Crippen LogP) is 3.46. The second kappa shape index (κ2) is 9.13. The fourth-order valence-electron chi connectivity index (χ4n) is 2.35. The van der Waals surface area contributed by atoms with Crippen LogP contribution in [0.5, 0.6) is 0 Å². The molecular weight excluding hydrogens is 380 g/mol. The SMILES string of the molecule is CC(C)Nc1cc(Nc2ncc(F)cc2F)ncc1C(=O)NC[C@@H](C)C(C)(C)O. The molecule has 0 aliphatic carbocycles. The number of hydrogen-bond donors (Lipinski definition) is 4. The lowest BCUT2D eigenvalue weighted by Gasteiger charge is -2.26. The molecule has 0 fully saturated rings. The Bertz CT molecular complexity index is 868. The summed E-state index contributed by atoms with van der Waals surface area (Å²) in [5.41, 5.74) is -0.127. The van der Waals surface area contributed by atoms with E-state index in [1.165, 1.54) is 6.20 Å². The van der Waals surface area contributed by atoms with E-state index in [9.17, 15) is 18.7 Å². The molecule has 9 heteroatoms. The lowest BCUT2D eigenvalue weighted by atomic mass is 9.93. The Hall–Kier alpha value is -2.81. The summed E-state index contributed by atoms with van der Waals surface area (Å²) < 4.78 is 26.9. The largest absolute Gasteiger partial charge is 0.390 e. The number of aliphatic hydroxyl groups is 1. The van der Waals surface area contributed by atoms with E-state index in [1.807, 2.05) is 20.8 Å². The van der Waals surface area contributed by atoms with Crippen molar-refractivity contribution in [2.75, 3.05) is 17.2 Å². The number of aromatic nitrogens is 2. The van der Waals surface area contributed by atoms with Crippen LogP contribution in [0.1, 0.15) is 45.0 Å². The molecule has 0 aliphatic rings. The third-order valence-electron chi connectivity index (χ3n) is 4.42. The maximum absolute atomic E-state index is 13.8. The Morgan fingerprint density at radius 3 is 2.45 bits per heavy atom. The summed E-state index contributed by atoms with van der Waals surface area (Å²) in [6.45, 7) is 9.30. The van der Waals surface area contributed by atoms with Gasteiger partial charge in [0.25, 0.3) is 5.91 Å². The first-order chi connectivity index (χ1) is 13.5. The van der Waals surface area contributed by atoms with E-state index in [0.717, 1.165) is 6.20 Å². The highest BCUT2D eigenvalue weighted by molar-refractivity contribution is 5.99. The molecule has 2 aromatic heterocycles. The minimum atomic E-state index is -0.926. The number of carbonyl (C=O) groups is 1. The zero-order valence-electron chi connectivity index (χ0n) is 17.2. The van der Waals surface area contributed by atoms with Crippen molar-refractivity contribution in [3.63, 3.8) is 0 Å². The molecule has 29 heavy (non-hydrogen) atoms. The van der Waals surface area contributed by atoms with Crippen LogP contribution in [-0.4, -0.2) is 39.2 Å². The van der Waals surface area contributed by atoms with Crippen molar-refractivity contribution in [1.29, 1.82) is 0 Å². The van der Waals surface area contributed by atoms with Crippen molar-refractivity contribution in [1.82, 2.24) is 15.3 Å². The summed E-state index contributed by atoms with van der Waals surface area (Å²) in [4.78, 5) is 20.4. The molecule has 0 aliphatic heterocycles. The molecule has 0 saturated heterocycles. The number of amides is 1. The minimum absolute atomic E-state index is 0.0211. The predicted molar refractivity (Wildman–Crippen MR) is 108 cm³/mol. The second-order valence-electron chi connectivity index (χ2n) is 7.79. The van der Waals surface area contributed by atoms with Crippen LogP contribution in [0.2, 0.25) is 0 Å². The minimum Gasteiger partial charge on any atom is -0.390 e. The summed E-state index contributed by atoms with van der Waals surface area (Å²) in [6, 6.07) is 2.29. The fourth-order valence-corrected chi connectivity index (χ4v) is 2.35. The summed E-state index contributed by atoms with van der Waals surface area (Å²) in [5, 5.41) is 18.6. The van der Waals surface area contributed by atoms with Crippen LogP contribution < -0.4 is 16.0 Å². The molecule has 2 rings (SSSR count). The number of nitrogens with one attached hydrogen (secondary N) is 3. The first-order valence-corrected chi connectivity index (χ1v) is 9.32. The van der Waals surface area contributed by atoms with Crippen LogP contribution in [-0.2, 0) is 0 Å². The zero-order chi connectivity index (χ0) is 21.8. The normalized spacial score (nSPS) is 12.6. The number of halogens is 2. The topological polar surface area (TPSA) is 99.2 Å². The number of pyridine rings is 2. The number of nitrogens with zero attached hydrogens (tertiary/aromatic N) is 2. The van der Waals surface area contributed by atoms with E-state index in [-0.39, 0.29) is 36.0 Å². The molecule has 0 aromatic carbocycles. The lowest BCUT2D eigenvalue weighted by Crippen LogP contribution is -2.39. The number of hydrogen-bond acceptors (Lipinski definition) is 6. The highest BCUT2D eigenvalue weighted by Gasteiger charge is 2.23. The average molecular weight is 407 g/mol. The highest BCUT2D eigenvalue weighted by atomic mass is 19.1. The third-order valence-corrected chi connectivity index (χ3v) is 4.42. The van der Waals surface area contributed by atoms with Gasteiger partial charge in [-0.2, -0.15) is 0 Å².